The lowest BCUT2D eigenvalue weighted by Crippen LogP contribution is -2.32. The maximum Gasteiger partial charge on any atom is 0.280 e. The number of nitrogens with one attached hydrogen (secondary N) is 1. The molecule has 0 radical (unpaired) electrons. The van der Waals surface area contributed by atoms with Crippen LogP contribution in [0.3, 0.4) is 0 Å². The van der Waals surface area contributed by atoms with Crippen molar-refractivity contribution in [3.8, 4) is 0 Å². The van der Waals surface area contributed by atoms with E-state index in [0.717, 1.165) is 15.8 Å². The predicted octanol–water partition coefficient (Wildman–Crippen LogP) is 3.09. The molecular weight excluding hydrogens is 418 g/mol. The highest BCUT2D eigenvalue weighted by molar-refractivity contribution is 6.30. The standard InChI is InChI=1S/C22H18ClN5O3/c1-14-20-21(31-27-14)18(11-15-5-3-2-4-6-15)26-28(22(20)30)13-19(29)25-24-12-16-7-9-17(23)10-8-16/h2-10,12H,11,13H2,1H3,(H,25,29)/b24-12+. The molecule has 156 valence electrons. The van der Waals surface area contributed by atoms with Crippen LogP contribution < -0.4 is 11.0 Å². The van der Waals surface area contributed by atoms with Crippen molar-refractivity contribution < 1.29 is 9.32 Å². The largest absolute Gasteiger partial charge is 0.354 e. The van der Waals surface area contributed by atoms with E-state index in [9.17, 15) is 9.59 Å². The molecule has 0 unspecified atom stereocenters. The van der Waals surface area contributed by atoms with Gasteiger partial charge in [-0.2, -0.15) is 10.2 Å². The van der Waals surface area contributed by atoms with Crippen molar-refractivity contribution in [1.29, 1.82) is 0 Å². The van der Waals surface area contributed by atoms with E-state index in [1.807, 2.05) is 30.3 Å². The Kier molecular flexibility index (Phi) is 5.90. The Morgan fingerprint density at radius 1 is 1.19 bits per heavy atom. The Balaban J connectivity index is 1.57. The first-order valence-electron chi connectivity index (χ1n) is 9.48. The van der Waals surface area contributed by atoms with E-state index in [0.29, 0.717) is 33.8 Å². The highest BCUT2D eigenvalue weighted by Crippen LogP contribution is 2.19. The fourth-order valence-corrected chi connectivity index (χ4v) is 3.22. The molecule has 2 aromatic heterocycles. The molecule has 0 aliphatic rings. The van der Waals surface area contributed by atoms with Crippen LogP contribution in [0.1, 0.15) is 22.5 Å². The van der Waals surface area contributed by atoms with Crippen LogP contribution >= 0.6 is 11.6 Å². The minimum Gasteiger partial charge on any atom is -0.354 e. The number of nitrogens with zero attached hydrogens (tertiary/aromatic N) is 4. The summed E-state index contributed by atoms with van der Waals surface area (Å²) in [6.07, 6.45) is 1.92. The van der Waals surface area contributed by atoms with Crippen LogP contribution in [0.2, 0.25) is 5.02 Å². The molecule has 31 heavy (non-hydrogen) atoms. The van der Waals surface area contributed by atoms with Gasteiger partial charge < -0.3 is 4.52 Å². The second kappa shape index (κ2) is 8.93. The maximum atomic E-state index is 12.8. The van der Waals surface area contributed by atoms with Crippen LogP contribution in [-0.4, -0.2) is 27.1 Å². The van der Waals surface area contributed by atoms with Gasteiger partial charge in [0.25, 0.3) is 11.5 Å². The number of halogens is 1. The fraction of sp³-hybridized carbons (Fsp3) is 0.136. The average Bonchev–Trinajstić information content (AvgIpc) is 3.16. The van der Waals surface area contributed by atoms with Gasteiger partial charge in [-0.3, -0.25) is 9.59 Å². The van der Waals surface area contributed by atoms with Crippen molar-refractivity contribution >= 4 is 34.7 Å². The summed E-state index contributed by atoms with van der Waals surface area (Å²) in [7, 11) is 0. The van der Waals surface area contributed by atoms with E-state index in [1.165, 1.54) is 6.21 Å². The van der Waals surface area contributed by atoms with Crippen molar-refractivity contribution in [2.45, 2.75) is 19.9 Å². The molecule has 0 saturated carbocycles. The summed E-state index contributed by atoms with van der Waals surface area (Å²) < 4.78 is 6.46. The molecule has 0 aliphatic heterocycles. The molecule has 0 bridgehead atoms. The first-order valence-corrected chi connectivity index (χ1v) is 9.86. The summed E-state index contributed by atoms with van der Waals surface area (Å²) in [4.78, 5) is 25.2. The number of hydrogen-bond donors (Lipinski definition) is 1. The van der Waals surface area contributed by atoms with Crippen molar-refractivity contribution in [2.24, 2.45) is 5.10 Å². The topological polar surface area (TPSA) is 102 Å². The molecule has 2 heterocycles. The summed E-state index contributed by atoms with van der Waals surface area (Å²) in [5.41, 5.74) is 5.04. The molecule has 0 saturated heterocycles. The zero-order valence-corrected chi connectivity index (χ0v) is 17.3. The van der Waals surface area contributed by atoms with E-state index < -0.39 is 11.5 Å². The lowest BCUT2D eigenvalue weighted by molar-refractivity contribution is -0.121. The van der Waals surface area contributed by atoms with Gasteiger partial charge in [0.05, 0.1) is 11.9 Å². The molecule has 0 spiro atoms. The van der Waals surface area contributed by atoms with E-state index >= 15 is 0 Å². The van der Waals surface area contributed by atoms with E-state index in [4.69, 9.17) is 16.1 Å². The molecule has 8 nitrogen and oxygen atoms in total. The van der Waals surface area contributed by atoms with Crippen LogP contribution in [0.4, 0.5) is 0 Å². The third-order valence-electron chi connectivity index (χ3n) is 4.60. The lowest BCUT2D eigenvalue weighted by atomic mass is 10.1. The van der Waals surface area contributed by atoms with Gasteiger partial charge in [-0.15, -0.1) is 0 Å². The fourth-order valence-electron chi connectivity index (χ4n) is 3.10. The van der Waals surface area contributed by atoms with E-state index in [-0.39, 0.29) is 6.54 Å². The predicted molar refractivity (Wildman–Crippen MR) is 117 cm³/mol. The van der Waals surface area contributed by atoms with E-state index in [1.54, 1.807) is 31.2 Å². The maximum absolute atomic E-state index is 12.8. The van der Waals surface area contributed by atoms with Crippen molar-refractivity contribution in [1.82, 2.24) is 20.4 Å². The van der Waals surface area contributed by atoms with Gasteiger partial charge in [0.15, 0.2) is 5.58 Å². The normalized spacial score (nSPS) is 11.3. The molecule has 1 N–H and O–H groups in total. The molecule has 0 aliphatic carbocycles. The Morgan fingerprint density at radius 3 is 2.68 bits per heavy atom. The molecular formula is C22H18ClN5O3. The third-order valence-corrected chi connectivity index (χ3v) is 4.85. The van der Waals surface area contributed by atoms with Crippen LogP contribution in [0.15, 0.2) is 69.0 Å². The monoisotopic (exact) mass is 435 g/mol. The van der Waals surface area contributed by atoms with Gasteiger partial charge in [-0.25, -0.2) is 10.1 Å². The number of amides is 1. The molecule has 4 rings (SSSR count). The summed E-state index contributed by atoms with van der Waals surface area (Å²) in [6.45, 7) is 1.39. The molecule has 4 aromatic rings. The first-order chi connectivity index (χ1) is 15.0. The SMILES string of the molecule is Cc1noc2c(Cc3ccccc3)nn(CC(=O)N/N=C/c3ccc(Cl)cc3)c(=O)c12. The van der Waals surface area contributed by atoms with E-state index in [2.05, 4.69) is 20.8 Å². The quantitative estimate of drug-likeness (QED) is 0.370. The van der Waals surface area contributed by atoms with Gasteiger partial charge in [-0.05, 0) is 30.2 Å². The summed E-state index contributed by atoms with van der Waals surface area (Å²) >= 11 is 5.84. The number of hydrazone groups is 1. The third kappa shape index (κ3) is 4.70. The summed E-state index contributed by atoms with van der Waals surface area (Å²) in [5.74, 6) is -0.487. The van der Waals surface area contributed by atoms with Crippen LogP contribution in [0.25, 0.3) is 11.0 Å². The van der Waals surface area contributed by atoms with Gasteiger partial charge in [-0.1, -0.05) is 59.2 Å². The minimum absolute atomic E-state index is 0.293. The smallest absolute Gasteiger partial charge is 0.280 e. The number of aromatic nitrogens is 3. The molecule has 1 amide bonds. The number of benzene rings is 2. The van der Waals surface area contributed by atoms with Crippen molar-refractivity contribution in [3.63, 3.8) is 0 Å². The Hall–Kier alpha value is -3.78. The summed E-state index contributed by atoms with van der Waals surface area (Å²) in [6, 6.07) is 16.6. The number of fused-ring (bicyclic) bond motifs is 1. The van der Waals surface area contributed by atoms with Gasteiger partial charge in [0, 0.05) is 11.4 Å². The summed E-state index contributed by atoms with van der Waals surface area (Å²) in [5, 5.41) is 13.1. The Morgan fingerprint density at radius 2 is 1.94 bits per heavy atom. The highest BCUT2D eigenvalue weighted by atomic mass is 35.5. The Bertz CT molecular complexity index is 1310. The molecule has 2 aromatic carbocycles. The second-order valence-corrected chi connectivity index (χ2v) is 7.33. The number of aryl methyl sites for hydroxylation is 1. The number of carbonyl (C=O) groups excluding carboxylic acids is 1. The van der Waals surface area contributed by atoms with Gasteiger partial charge in [0.1, 0.15) is 17.6 Å². The number of carbonyl (C=O) groups is 1. The number of rotatable bonds is 6. The van der Waals surface area contributed by atoms with Gasteiger partial charge >= 0.3 is 0 Å². The molecule has 9 heteroatoms. The zero-order chi connectivity index (χ0) is 21.8. The van der Waals surface area contributed by atoms with Crippen molar-refractivity contribution in [3.05, 3.63) is 92.5 Å². The highest BCUT2D eigenvalue weighted by Gasteiger charge is 2.19. The molecule has 0 fully saturated rings. The second-order valence-electron chi connectivity index (χ2n) is 6.89. The zero-order valence-electron chi connectivity index (χ0n) is 16.6. The Labute approximate surface area is 182 Å². The molecule has 0 atom stereocenters. The van der Waals surface area contributed by atoms with Crippen molar-refractivity contribution in [2.75, 3.05) is 0 Å². The minimum atomic E-state index is -0.487. The van der Waals surface area contributed by atoms with Gasteiger partial charge in [0.2, 0.25) is 0 Å². The first kappa shape index (κ1) is 20.5. The van der Waals surface area contributed by atoms with Crippen LogP contribution in [0.5, 0.6) is 0 Å². The van der Waals surface area contributed by atoms with Crippen LogP contribution in [-0.2, 0) is 17.8 Å². The lowest BCUT2D eigenvalue weighted by Gasteiger charge is -2.07. The number of hydrogen-bond acceptors (Lipinski definition) is 6. The average molecular weight is 436 g/mol. The van der Waals surface area contributed by atoms with Crippen LogP contribution in [0, 0.1) is 6.92 Å².